The van der Waals surface area contributed by atoms with Crippen molar-refractivity contribution in [3.63, 3.8) is 0 Å². The molecule has 22 heavy (non-hydrogen) atoms. The highest BCUT2D eigenvalue weighted by Crippen LogP contribution is 2.12. The Hall–Kier alpha value is -2.09. The lowest BCUT2D eigenvalue weighted by molar-refractivity contribution is -0.148. The average molecular weight is 411 g/mol. The molecule has 1 N–H and O–H groups in total. The van der Waals surface area contributed by atoms with Crippen LogP contribution in [0.2, 0.25) is 0 Å². The van der Waals surface area contributed by atoms with Gasteiger partial charge < -0.3 is 14.5 Å². The molecule has 1 unspecified atom stereocenters. The van der Waals surface area contributed by atoms with E-state index in [2.05, 4.69) is 5.32 Å². The van der Waals surface area contributed by atoms with Crippen LogP contribution in [-0.2, 0) is 14.3 Å². The van der Waals surface area contributed by atoms with Crippen LogP contribution >= 0.6 is 22.6 Å². The largest absolute Gasteiger partial charge is 0.451 e. The third kappa shape index (κ3) is 5.03. The molecule has 1 amide bonds. The lowest BCUT2D eigenvalue weighted by Crippen LogP contribution is -2.29. The van der Waals surface area contributed by atoms with Crippen molar-refractivity contribution in [1.82, 2.24) is 0 Å². The maximum atomic E-state index is 11.9. The number of halogens is 1. The van der Waals surface area contributed by atoms with Crippen LogP contribution in [0, 0.1) is 3.77 Å². The summed E-state index contributed by atoms with van der Waals surface area (Å²) in [5.41, 5.74) is 0.649. The van der Waals surface area contributed by atoms with E-state index in [9.17, 15) is 9.59 Å². The number of ether oxygens (including phenoxy) is 1. The Morgan fingerprint density at radius 3 is 2.59 bits per heavy atom. The second kappa shape index (κ2) is 7.79. The third-order valence-electron chi connectivity index (χ3n) is 2.68. The number of para-hydroxylation sites is 1. The quantitative estimate of drug-likeness (QED) is 0.465. The number of hydrogen-bond donors (Lipinski definition) is 1. The molecule has 0 saturated carbocycles. The fourth-order valence-electron chi connectivity index (χ4n) is 1.60. The molecular formula is C16H14INO4. The van der Waals surface area contributed by atoms with Gasteiger partial charge in [0.05, 0.1) is 0 Å². The van der Waals surface area contributed by atoms with Crippen molar-refractivity contribution >= 4 is 46.2 Å². The van der Waals surface area contributed by atoms with Gasteiger partial charge in [0.1, 0.15) is 5.76 Å². The maximum Gasteiger partial charge on any atom is 0.331 e. The van der Waals surface area contributed by atoms with Crippen molar-refractivity contribution < 1.29 is 18.7 Å². The minimum Gasteiger partial charge on any atom is -0.451 e. The monoisotopic (exact) mass is 411 g/mol. The van der Waals surface area contributed by atoms with Gasteiger partial charge in [-0.1, -0.05) is 18.2 Å². The Bertz CT molecular complexity index is 678. The lowest BCUT2D eigenvalue weighted by atomic mass is 10.3. The summed E-state index contributed by atoms with van der Waals surface area (Å²) in [7, 11) is 0. The Balaban J connectivity index is 1.85. The van der Waals surface area contributed by atoms with Crippen LogP contribution in [-0.4, -0.2) is 18.0 Å². The maximum absolute atomic E-state index is 11.9. The zero-order chi connectivity index (χ0) is 15.9. The molecule has 5 nitrogen and oxygen atoms in total. The van der Waals surface area contributed by atoms with Crippen LogP contribution in [0.4, 0.5) is 5.69 Å². The first-order valence-electron chi connectivity index (χ1n) is 6.54. The summed E-state index contributed by atoms with van der Waals surface area (Å²) in [5, 5.41) is 2.66. The second-order valence-corrected chi connectivity index (χ2v) is 5.47. The van der Waals surface area contributed by atoms with Gasteiger partial charge in [-0.15, -0.1) is 0 Å². The second-order valence-electron chi connectivity index (χ2n) is 4.41. The number of carbonyl (C=O) groups is 2. The normalized spacial score (nSPS) is 12.1. The number of benzene rings is 1. The number of furan rings is 1. The van der Waals surface area contributed by atoms with Gasteiger partial charge in [0.15, 0.2) is 9.87 Å². The molecule has 1 heterocycles. The van der Waals surface area contributed by atoms with Crippen LogP contribution in [0.15, 0.2) is 53.0 Å². The van der Waals surface area contributed by atoms with Crippen molar-refractivity contribution in [2.45, 2.75) is 13.0 Å². The number of anilines is 1. The predicted molar refractivity (Wildman–Crippen MR) is 91.1 cm³/mol. The molecule has 0 radical (unpaired) electrons. The molecule has 1 atom stereocenters. The first-order valence-corrected chi connectivity index (χ1v) is 7.62. The topological polar surface area (TPSA) is 68.5 Å². The van der Waals surface area contributed by atoms with Crippen LogP contribution in [0.5, 0.6) is 0 Å². The minimum atomic E-state index is -0.894. The highest BCUT2D eigenvalue weighted by atomic mass is 127. The first kappa shape index (κ1) is 16.3. The number of esters is 1. The van der Waals surface area contributed by atoms with Crippen molar-refractivity contribution in [3.8, 4) is 0 Å². The van der Waals surface area contributed by atoms with Gasteiger partial charge in [-0.2, -0.15) is 0 Å². The summed E-state index contributed by atoms with van der Waals surface area (Å²) in [6, 6.07) is 12.5. The van der Waals surface area contributed by atoms with Crippen LogP contribution in [0.25, 0.3) is 6.08 Å². The lowest BCUT2D eigenvalue weighted by Gasteiger charge is -2.12. The van der Waals surface area contributed by atoms with Gasteiger partial charge >= 0.3 is 5.97 Å². The van der Waals surface area contributed by atoms with E-state index >= 15 is 0 Å². The molecular weight excluding hydrogens is 397 g/mol. The van der Waals surface area contributed by atoms with Gasteiger partial charge in [-0.05, 0) is 59.9 Å². The van der Waals surface area contributed by atoms with Gasteiger partial charge in [-0.3, -0.25) is 4.79 Å². The highest BCUT2D eigenvalue weighted by molar-refractivity contribution is 14.1. The van der Waals surface area contributed by atoms with Gasteiger partial charge in [-0.25, -0.2) is 4.79 Å². The van der Waals surface area contributed by atoms with E-state index in [1.807, 2.05) is 28.7 Å². The van der Waals surface area contributed by atoms with E-state index in [-0.39, 0.29) is 5.91 Å². The van der Waals surface area contributed by atoms with E-state index in [1.54, 1.807) is 36.4 Å². The van der Waals surface area contributed by atoms with Gasteiger partial charge in [0.25, 0.3) is 5.91 Å². The van der Waals surface area contributed by atoms with Crippen molar-refractivity contribution in [2.24, 2.45) is 0 Å². The fourth-order valence-corrected chi connectivity index (χ4v) is 2.03. The standard InChI is InChI=1S/C16H14INO4/c1-11(16(20)18-12-5-3-2-4-6-12)21-15(19)10-8-13-7-9-14(17)22-13/h2-11H,1H3,(H,18,20)/b10-8+. The third-order valence-corrected chi connectivity index (χ3v) is 3.26. The molecule has 1 aromatic carbocycles. The Labute approximate surface area is 141 Å². The van der Waals surface area contributed by atoms with Gasteiger partial charge in [0, 0.05) is 11.8 Å². The Morgan fingerprint density at radius 1 is 1.23 bits per heavy atom. The molecule has 0 spiro atoms. The number of rotatable bonds is 5. The SMILES string of the molecule is CC(OC(=O)/C=C/c1ccc(I)o1)C(=O)Nc1ccccc1. The molecule has 2 rings (SSSR count). The minimum absolute atomic E-state index is 0.388. The smallest absolute Gasteiger partial charge is 0.331 e. The summed E-state index contributed by atoms with van der Waals surface area (Å²) in [5.74, 6) is -0.453. The van der Waals surface area contributed by atoms with E-state index in [0.717, 1.165) is 3.77 Å². The predicted octanol–water partition coefficient (Wildman–Crippen LogP) is 3.47. The Kier molecular flexibility index (Phi) is 5.76. The van der Waals surface area contributed by atoms with Crippen LogP contribution < -0.4 is 5.32 Å². The van der Waals surface area contributed by atoms with Crippen molar-refractivity contribution in [1.29, 1.82) is 0 Å². The molecule has 2 aromatic rings. The molecule has 0 fully saturated rings. The van der Waals surface area contributed by atoms with Crippen molar-refractivity contribution in [3.05, 3.63) is 58.1 Å². The van der Waals surface area contributed by atoms with Crippen LogP contribution in [0.1, 0.15) is 12.7 Å². The zero-order valence-corrected chi connectivity index (χ0v) is 13.9. The van der Waals surface area contributed by atoms with Crippen molar-refractivity contribution in [2.75, 3.05) is 5.32 Å². The fraction of sp³-hybridized carbons (Fsp3) is 0.125. The summed E-state index contributed by atoms with van der Waals surface area (Å²) in [6.07, 6.45) is 1.82. The zero-order valence-electron chi connectivity index (χ0n) is 11.8. The summed E-state index contributed by atoms with van der Waals surface area (Å²) >= 11 is 2.03. The number of nitrogens with one attached hydrogen (secondary N) is 1. The number of amides is 1. The molecule has 114 valence electrons. The van der Waals surface area contributed by atoms with E-state index in [4.69, 9.17) is 9.15 Å². The number of hydrogen-bond acceptors (Lipinski definition) is 4. The highest BCUT2D eigenvalue weighted by Gasteiger charge is 2.16. The summed E-state index contributed by atoms with van der Waals surface area (Å²) in [6.45, 7) is 1.51. The Morgan fingerprint density at radius 2 is 1.95 bits per heavy atom. The molecule has 0 aliphatic carbocycles. The van der Waals surface area contributed by atoms with Gasteiger partial charge in [0.2, 0.25) is 0 Å². The molecule has 0 aliphatic rings. The molecule has 1 aromatic heterocycles. The first-order chi connectivity index (χ1) is 10.5. The average Bonchev–Trinajstić information content (AvgIpc) is 2.92. The summed E-state index contributed by atoms with van der Waals surface area (Å²) < 4.78 is 11.0. The molecule has 6 heteroatoms. The van der Waals surface area contributed by atoms with E-state index in [0.29, 0.717) is 11.4 Å². The number of carbonyl (C=O) groups excluding carboxylic acids is 2. The van der Waals surface area contributed by atoms with Crippen LogP contribution in [0.3, 0.4) is 0 Å². The van der Waals surface area contributed by atoms with E-state index < -0.39 is 12.1 Å². The molecule has 0 saturated heterocycles. The van der Waals surface area contributed by atoms with E-state index in [1.165, 1.54) is 19.1 Å². The molecule has 0 aliphatic heterocycles. The summed E-state index contributed by atoms with van der Waals surface area (Å²) in [4.78, 5) is 23.6. The molecule has 0 bridgehead atoms.